The van der Waals surface area contributed by atoms with Crippen LogP contribution in [0.25, 0.3) is 11.5 Å². The first-order chi connectivity index (χ1) is 6.90. The van der Waals surface area contributed by atoms with Crippen LogP contribution < -0.4 is 5.32 Å². The van der Waals surface area contributed by atoms with Gasteiger partial charge in [-0.2, -0.15) is 0 Å². The Morgan fingerprint density at radius 2 is 2.29 bits per heavy atom. The molecule has 14 heavy (non-hydrogen) atoms. The molecule has 2 aromatic heterocycles. The third-order valence-corrected chi connectivity index (χ3v) is 1.90. The van der Waals surface area contributed by atoms with Crippen LogP contribution in [0.4, 0.5) is 0 Å². The summed E-state index contributed by atoms with van der Waals surface area (Å²) in [7, 11) is 1.90. The molecule has 0 unspecified atom stereocenters. The molecule has 0 saturated carbocycles. The van der Waals surface area contributed by atoms with E-state index in [9.17, 15) is 0 Å². The summed E-state index contributed by atoms with van der Waals surface area (Å²) in [5.41, 5.74) is 1.93. The predicted octanol–water partition coefficient (Wildman–Crippen LogP) is 1.19. The molecule has 2 rings (SSSR count). The van der Waals surface area contributed by atoms with Crippen molar-refractivity contribution in [3.63, 3.8) is 0 Å². The Balaban J connectivity index is 2.25. The van der Waals surface area contributed by atoms with Crippen LogP contribution in [0.3, 0.4) is 0 Å². The van der Waals surface area contributed by atoms with Gasteiger partial charge in [0.1, 0.15) is 5.69 Å². The van der Waals surface area contributed by atoms with E-state index in [4.69, 9.17) is 0 Å². The molecule has 0 bridgehead atoms. The van der Waals surface area contributed by atoms with Gasteiger partial charge in [0.15, 0.2) is 5.82 Å². The van der Waals surface area contributed by atoms with Crippen molar-refractivity contribution in [3.8, 4) is 11.5 Å². The number of aromatic nitrogens is 3. The fourth-order valence-corrected chi connectivity index (χ4v) is 1.27. The average Bonchev–Trinajstić information content (AvgIpc) is 2.68. The first-order valence-corrected chi connectivity index (χ1v) is 4.50. The van der Waals surface area contributed by atoms with Crippen LogP contribution >= 0.6 is 0 Å². The maximum atomic E-state index is 4.25. The van der Waals surface area contributed by atoms with Crippen LogP contribution in [0.15, 0.2) is 30.6 Å². The fraction of sp³-hybridized carbons (Fsp3) is 0.200. The predicted molar refractivity (Wildman–Crippen MR) is 54.6 cm³/mol. The smallest absolute Gasteiger partial charge is 0.156 e. The van der Waals surface area contributed by atoms with E-state index in [1.54, 1.807) is 6.20 Å². The summed E-state index contributed by atoms with van der Waals surface area (Å²) in [4.78, 5) is 11.6. The van der Waals surface area contributed by atoms with E-state index >= 15 is 0 Å². The lowest BCUT2D eigenvalue weighted by Gasteiger charge is -1.95. The number of hydrogen-bond acceptors (Lipinski definition) is 3. The maximum Gasteiger partial charge on any atom is 0.156 e. The van der Waals surface area contributed by atoms with E-state index < -0.39 is 0 Å². The van der Waals surface area contributed by atoms with Gasteiger partial charge < -0.3 is 10.3 Å². The number of imidazole rings is 1. The third-order valence-electron chi connectivity index (χ3n) is 1.90. The molecule has 0 atom stereocenters. The highest BCUT2D eigenvalue weighted by molar-refractivity contribution is 5.48. The summed E-state index contributed by atoms with van der Waals surface area (Å²) in [5, 5.41) is 3.06. The first-order valence-electron chi connectivity index (χ1n) is 4.50. The molecule has 0 aliphatic rings. The topological polar surface area (TPSA) is 53.6 Å². The largest absolute Gasteiger partial charge is 0.339 e. The molecule has 0 saturated heterocycles. The van der Waals surface area contributed by atoms with E-state index in [1.807, 2.05) is 31.4 Å². The summed E-state index contributed by atoms with van der Waals surface area (Å²) in [5.74, 6) is 0.816. The number of hydrogen-bond donors (Lipinski definition) is 2. The second-order valence-corrected chi connectivity index (χ2v) is 3.00. The zero-order valence-electron chi connectivity index (χ0n) is 7.99. The molecule has 2 N–H and O–H groups in total. The summed E-state index contributed by atoms with van der Waals surface area (Å²) in [6.07, 6.45) is 3.58. The van der Waals surface area contributed by atoms with Crippen LogP contribution in [0.2, 0.25) is 0 Å². The highest BCUT2D eigenvalue weighted by Crippen LogP contribution is 2.11. The minimum atomic E-state index is 0.792. The molecule has 0 amide bonds. The first kappa shape index (κ1) is 8.90. The van der Waals surface area contributed by atoms with Crippen molar-refractivity contribution in [2.24, 2.45) is 0 Å². The van der Waals surface area contributed by atoms with Gasteiger partial charge in [-0.05, 0) is 19.2 Å². The summed E-state index contributed by atoms with van der Waals surface area (Å²) in [6.45, 7) is 0.792. The highest BCUT2D eigenvalue weighted by Gasteiger charge is 2.02. The second-order valence-electron chi connectivity index (χ2n) is 3.00. The molecule has 0 aromatic carbocycles. The molecule has 4 heteroatoms. The molecular formula is C10H12N4. The van der Waals surface area contributed by atoms with Gasteiger partial charge in [0.05, 0.1) is 6.20 Å². The SMILES string of the molecule is CNCc1cnc(-c2ccccn2)[nH]1. The molecule has 72 valence electrons. The van der Waals surface area contributed by atoms with Crippen molar-refractivity contribution in [2.45, 2.75) is 6.54 Å². The number of aromatic amines is 1. The van der Waals surface area contributed by atoms with Gasteiger partial charge >= 0.3 is 0 Å². The van der Waals surface area contributed by atoms with Gasteiger partial charge in [-0.3, -0.25) is 4.98 Å². The molecule has 2 aromatic rings. The lowest BCUT2D eigenvalue weighted by atomic mass is 10.3. The molecule has 0 spiro atoms. The van der Waals surface area contributed by atoms with E-state index in [1.165, 1.54) is 0 Å². The Hall–Kier alpha value is -1.68. The Morgan fingerprint density at radius 1 is 1.36 bits per heavy atom. The van der Waals surface area contributed by atoms with Crippen LogP contribution in [-0.4, -0.2) is 22.0 Å². The van der Waals surface area contributed by atoms with Crippen molar-refractivity contribution in [2.75, 3.05) is 7.05 Å². The van der Waals surface area contributed by atoms with Crippen molar-refractivity contribution < 1.29 is 0 Å². The molecular weight excluding hydrogens is 176 g/mol. The monoisotopic (exact) mass is 188 g/mol. The van der Waals surface area contributed by atoms with Gasteiger partial charge in [0.25, 0.3) is 0 Å². The van der Waals surface area contributed by atoms with E-state index in [0.29, 0.717) is 0 Å². The molecule has 0 fully saturated rings. The number of rotatable bonds is 3. The molecule has 0 aliphatic heterocycles. The maximum absolute atomic E-state index is 4.25. The second kappa shape index (κ2) is 4.02. The number of pyridine rings is 1. The number of nitrogens with zero attached hydrogens (tertiary/aromatic N) is 2. The van der Waals surface area contributed by atoms with Gasteiger partial charge in [-0.15, -0.1) is 0 Å². The Kier molecular flexibility index (Phi) is 2.55. The normalized spacial score (nSPS) is 10.4. The fourth-order valence-electron chi connectivity index (χ4n) is 1.27. The van der Waals surface area contributed by atoms with E-state index in [2.05, 4.69) is 20.3 Å². The lowest BCUT2D eigenvalue weighted by molar-refractivity contribution is 0.797. The molecule has 0 aliphatic carbocycles. The minimum Gasteiger partial charge on any atom is -0.339 e. The molecule has 2 heterocycles. The average molecular weight is 188 g/mol. The standard InChI is InChI=1S/C10H12N4/c1-11-6-8-7-13-10(14-8)9-4-2-3-5-12-9/h2-5,7,11H,6H2,1H3,(H,13,14). The number of nitrogens with one attached hydrogen (secondary N) is 2. The summed E-state index contributed by atoms with van der Waals surface area (Å²) in [6, 6.07) is 5.77. The summed E-state index contributed by atoms with van der Waals surface area (Å²) < 4.78 is 0. The van der Waals surface area contributed by atoms with Crippen LogP contribution in [0.1, 0.15) is 5.69 Å². The Labute approximate surface area is 82.4 Å². The van der Waals surface area contributed by atoms with E-state index in [0.717, 1.165) is 23.8 Å². The van der Waals surface area contributed by atoms with Gasteiger partial charge in [0, 0.05) is 18.4 Å². The minimum absolute atomic E-state index is 0.792. The molecule has 0 radical (unpaired) electrons. The van der Waals surface area contributed by atoms with Crippen LogP contribution in [0.5, 0.6) is 0 Å². The van der Waals surface area contributed by atoms with Gasteiger partial charge in [-0.1, -0.05) is 6.07 Å². The quantitative estimate of drug-likeness (QED) is 0.760. The van der Waals surface area contributed by atoms with Crippen LogP contribution in [0, 0.1) is 0 Å². The van der Waals surface area contributed by atoms with Crippen molar-refractivity contribution in [1.82, 2.24) is 20.3 Å². The zero-order valence-corrected chi connectivity index (χ0v) is 7.99. The zero-order chi connectivity index (χ0) is 9.80. The lowest BCUT2D eigenvalue weighted by Crippen LogP contribution is -2.04. The Bertz CT molecular complexity index is 394. The van der Waals surface area contributed by atoms with Crippen LogP contribution in [-0.2, 0) is 6.54 Å². The third kappa shape index (κ3) is 1.80. The highest BCUT2D eigenvalue weighted by atomic mass is 15.0. The Morgan fingerprint density at radius 3 is 3.00 bits per heavy atom. The molecule has 4 nitrogen and oxygen atoms in total. The van der Waals surface area contributed by atoms with Crippen molar-refractivity contribution in [1.29, 1.82) is 0 Å². The van der Waals surface area contributed by atoms with Crippen molar-refractivity contribution in [3.05, 3.63) is 36.3 Å². The van der Waals surface area contributed by atoms with E-state index in [-0.39, 0.29) is 0 Å². The van der Waals surface area contributed by atoms with Gasteiger partial charge in [0.2, 0.25) is 0 Å². The van der Waals surface area contributed by atoms with Crippen molar-refractivity contribution >= 4 is 0 Å². The number of H-pyrrole nitrogens is 1. The van der Waals surface area contributed by atoms with Gasteiger partial charge in [-0.25, -0.2) is 4.98 Å². The summed E-state index contributed by atoms with van der Waals surface area (Å²) >= 11 is 0.